The molecule has 0 saturated heterocycles. The molecule has 0 saturated carbocycles. The second kappa shape index (κ2) is 6.94. The zero-order chi connectivity index (χ0) is 17.1. The molecule has 0 aliphatic rings. The van der Waals surface area contributed by atoms with Crippen LogP contribution in [0.3, 0.4) is 0 Å². The Morgan fingerprint density at radius 1 is 1.21 bits per heavy atom. The highest BCUT2D eigenvalue weighted by Gasteiger charge is 2.13. The molecule has 0 atom stereocenters. The number of fused-ring (bicyclic) bond motifs is 1. The number of hydrogen-bond acceptors (Lipinski definition) is 6. The van der Waals surface area contributed by atoms with Crippen LogP contribution in [0.5, 0.6) is 11.5 Å². The molecule has 3 aromatic rings. The lowest BCUT2D eigenvalue weighted by Gasteiger charge is -2.06. The highest BCUT2D eigenvalue weighted by molar-refractivity contribution is 7.22. The molecule has 0 bridgehead atoms. The standard InChI is InChI=1S/C16H14ClN3O3S/c1-22-10-5-3-4-9(8-10)15(21)19-20-16-18-13-12(23-2)7-6-11(17)14(13)24-16/h3-8H,1-2H3,(H,18,20)(H,19,21). The Hall–Kier alpha value is -2.51. The van der Waals surface area contributed by atoms with E-state index in [1.165, 1.54) is 11.3 Å². The quantitative estimate of drug-likeness (QED) is 0.676. The SMILES string of the molecule is COc1cccc(C(=O)NNc2nc3c(OC)ccc(Cl)c3s2)c1. The molecule has 24 heavy (non-hydrogen) atoms. The normalized spacial score (nSPS) is 10.5. The van der Waals surface area contributed by atoms with Gasteiger partial charge in [-0.3, -0.25) is 15.6 Å². The lowest BCUT2D eigenvalue weighted by molar-refractivity contribution is 0.0962. The predicted molar refractivity (Wildman–Crippen MR) is 95.3 cm³/mol. The van der Waals surface area contributed by atoms with E-state index in [4.69, 9.17) is 21.1 Å². The van der Waals surface area contributed by atoms with Crippen molar-refractivity contribution in [1.29, 1.82) is 0 Å². The van der Waals surface area contributed by atoms with Crippen LogP contribution in [0.2, 0.25) is 5.02 Å². The molecular formula is C16H14ClN3O3S. The minimum Gasteiger partial charge on any atom is -0.497 e. The lowest BCUT2D eigenvalue weighted by Crippen LogP contribution is -2.29. The number of anilines is 1. The summed E-state index contributed by atoms with van der Waals surface area (Å²) in [5.41, 5.74) is 6.52. The molecule has 0 radical (unpaired) electrons. The Balaban J connectivity index is 1.78. The van der Waals surface area contributed by atoms with Crippen molar-refractivity contribution in [3.8, 4) is 11.5 Å². The second-order valence-corrected chi connectivity index (χ2v) is 6.16. The van der Waals surface area contributed by atoms with E-state index < -0.39 is 0 Å². The minimum atomic E-state index is -0.300. The third kappa shape index (κ3) is 3.22. The maximum Gasteiger partial charge on any atom is 0.269 e. The molecule has 0 spiro atoms. The summed E-state index contributed by atoms with van der Waals surface area (Å²) in [7, 11) is 3.12. The molecule has 0 aliphatic heterocycles. The fourth-order valence-electron chi connectivity index (χ4n) is 2.12. The largest absolute Gasteiger partial charge is 0.497 e. The summed E-state index contributed by atoms with van der Waals surface area (Å²) in [6.45, 7) is 0. The number of hydrazine groups is 1. The van der Waals surface area contributed by atoms with Crippen molar-refractivity contribution in [2.45, 2.75) is 0 Å². The van der Waals surface area contributed by atoms with Gasteiger partial charge in [-0.25, -0.2) is 4.98 Å². The number of aromatic nitrogens is 1. The van der Waals surface area contributed by atoms with Crippen molar-refractivity contribution in [2.24, 2.45) is 0 Å². The number of halogens is 1. The number of rotatable bonds is 5. The van der Waals surface area contributed by atoms with Crippen molar-refractivity contribution in [1.82, 2.24) is 10.4 Å². The maximum atomic E-state index is 12.2. The molecule has 0 aliphatic carbocycles. The van der Waals surface area contributed by atoms with Gasteiger partial charge in [-0.2, -0.15) is 0 Å². The molecule has 1 amide bonds. The van der Waals surface area contributed by atoms with Crippen LogP contribution in [0.15, 0.2) is 36.4 Å². The Labute approximate surface area is 147 Å². The van der Waals surface area contributed by atoms with Crippen LogP contribution in [0.1, 0.15) is 10.4 Å². The number of hydrogen-bond donors (Lipinski definition) is 2. The molecule has 0 unspecified atom stereocenters. The van der Waals surface area contributed by atoms with Crippen LogP contribution < -0.4 is 20.3 Å². The number of carbonyl (C=O) groups excluding carboxylic acids is 1. The average Bonchev–Trinajstić information content (AvgIpc) is 3.05. The van der Waals surface area contributed by atoms with Gasteiger partial charge in [-0.05, 0) is 30.3 Å². The fraction of sp³-hybridized carbons (Fsp3) is 0.125. The summed E-state index contributed by atoms with van der Waals surface area (Å²) in [5.74, 6) is 0.934. The van der Waals surface area contributed by atoms with Gasteiger partial charge in [0.2, 0.25) is 5.13 Å². The van der Waals surface area contributed by atoms with E-state index in [9.17, 15) is 4.79 Å². The van der Waals surface area contributed by atoms with Crippen molar-refractivity contribution < 1.29 is 14.3 Å². The number of thiazole rings is 1. The first kappa shape index (κ1) is 16.4. The van der Waals surface area contributed by atoms with Gasteiger partial charge in [0, 0.05) is 5.56 Å². The topological polar surface area (TPSA) is 72.5 Å². The number of benzene rings is 2. The number of methoxy groups -OCH3 is 2. The molecule has 2 aromatic carbocycles. The summed E-state index contributed by atoms with van der Waals surface area (Å²) in [5, 5.41) is 1.09. The van der Waals surface area contributed by atoms with Gasteiger partial charge in [-0.1, -0.05) is 29.0 Å². The van der Waals surface area contributed by atoms with E-state index in [-0.39, 0.29) is 5.91 Å². The number of carbonyl (C=O) groups is 1. The first-order valence-corrected chi connectivity index (χ1v) is 8.15. The molecule has 2 N–H and O–H groups in total. The summed E-state index contributed by atoms with van der Waals surface area (Å²) in [6.07, 6.45) is 0. The third-order valence-corrected chi connectivity index (χ3v) is 4.72. The molecule has 1 aromatic heterocycles. The van der Waals surface area contributed by atoms with E-state index in [0.29, 0.717) is 32.7 Å². The molecule has 124 valence electrons. The Kier molecular flexibility index (Phi) is 4.73. The summed E-state index contributed by atoms with van der Waals surface area (Å²) in [4.78, 5) is 16.6. The lowest BCUT2D eigenvalue weighted by atomic mass is 10.2. The van der Waals surface area contributed by atoms with Crippen LogP contribution in [0, 0.1) is 0 Å². The first-order valence-electron chi connectivity index (χ1n) is 6.96. The number of nitrogens with zero attached hydrogens (tertiary/aromatic N) is 1. The van der Waals surface area contributed by atoms with Gasteiger partial charge in [-0.15, -0.1) is 0 Å². The monoisotopic (exact) mass is 363 g/mol. The molecule has 1 heterocycles. The molecule has 6 nitrogen and oxygen atoms in total. The molecular weight excluding hydrogens is 350 g/mol. The highest BCUT2D eigenvalue weighted by atomic mass is 35.5. The van der Waals surface area contributed by atoms with Gasteiger partial charge in [0.1, 0.15) is 17.0 Å². The number of nitrogens with one attached hydrogen (secondary N) is 2. The van der Waals surface area contributed by atoms with Crippen LogP contribution in [0.4, 0.5) is 5.13 Å². The molecule has 0 fully saturated rings. The smallest absolute Gasteiger partial charge is 0.269 e. The van der Waals surface area contributed by atoms with Gasteiger partial charge in [0.15, 0.2) is 0 Å². The summed E-state index contributed by atoms with van der Waals surface area (Å²) >= 11 is 7.50. The van der Waals surface area contributed by atoms with E-state index >= 15 is 0 Å². The average molecular weight is 364 g/mol. The zero-order valence-corrected chi connectivity index (χ0v) is 14.5. The Morgan fingerprint density at radius 2 is 2.04 bits per heavy atom. The van der Waals surface area contributed by atoms with Crippen LogP contribution in [0.25, 0.3) is 10.2 Å². The Morgan fingerprint density at radius 3 is 2.79 bits per heavy atom. The predicted octanol–water partition coefficient (Wildman–Crippen LogP) is 3.72. The highest BCUT2D eigenvalue weighted by Crippen LogP contribution is 2.37. The summed E-state index contributed by atoms with van der Waals surface area (Å²) in [6, 6.07) is 10.4. The van der Waals surface area contributed by atoms with Crippen LogP contribution in [-0.4, -0.2) is 25.1 Å². The second-order valence-electron chi connectivity index (χ2n) is 4.76. The fourth-order valence-corrected chi connectivity index (χ4v) is 3.23. The Bertz CT molecular complexity index is 897. The van der Waals surface area contributed by atoms with E-state index in [1.807, 2.05) is 0 Å². The van der Waals surface area contributed by atoms with Gasteiger partial charge < -0.3 is 9.47 Å². The summed E-state index contributed by atoms with van der Waals surface area (Å²) < 4.78 is 11.2. The van der Waals surface area contributed by atoms with Gasteiger partial charge >= 0.3 is 0 Å². The molecule has 8 heteroatoms. The van der Waals surface area contributed by atoms with E-state index in [1.54, 1.807) is 50.6 Å². The minimum absolute atomic E-state index is 0.300. The van der Waals surface area contributed by atoms with Crippen molar-refractivity contribution >= 4 is 44.2 Å². The van der Waals surface area contributed by atoms with Crippen molar-refractivity contribution in [2.75, 3.05) is 19.6 Å². The van der Waals surface area contributed by atoms with Gasteiger partial charge in [0.05, 0.1) is 23.9 Å². The van der Waals surface area contributed by atoms with Crippen LogP contribution in [-0.2, 0) is 0 Å². The van der Waals surface area contributed by atoms with Crippen LogP contribution >= 0.6 is 22.9 Å². The third-order valence-electron chi connectivity index (χ3n) is 3.29. The van der Waals surface area contributed by atoms with Crippen molar-refractivity contribution in [3.63, 3.8) is 0 Å². The van der Waals surface area contributed by atoms with Gasteiger partial charge in [0.25, 0.3) is 5.91 Å². The first-order chi connectivity index (χ1) is 11.6. The number of ether oxygens (including phenoxy) is 2. The molecule has 3 rings (SSSR count). The van der Waals surface area contributed by atoms with E-state index in [2.05, 4.69) is 15.8 Å². The van der Waals surface area contributed by atoms with Crippen molar-refractivity contribution in [3.05, 3.63) is 47.0 Å². The maximum absolute atomic E-state index is 12.2. The number of amides is 1. The van der Waals surface area contributed by atoms with E-state index in [0.717, 1.165) is 4.70 Å². The zero-order valence-electron chi connectivity index (χ0n) is 12.9.